The number of ether oxygens (including phenoxy) is 1. The van der Waals surface area contributed by atoms with Gasteiger partial charge in [-0.2, -0.15) is 8.78 Å². The van der Waals surface area contributed by atoms with Crippen molar-refractivity contribution in [2.45, 2.75) is 13.5 Å². The van der Waals surface area contributed by atoms with Gasteiger partial charge in [-0.25, -0.2) is 4.39 Å². The number of benzene rings is 1. The van der Waals surface area contributed by atoms with Crippen LogP contribution in [-0.4, -0.2) is 6.61 Å². The Bertz CT molecular complexity index is 315. The molecular weight excluding hydrogens is 205 g/mol. The molecule has 13 heavy (non-hydrogen) atoms. The van der Waals surface area contributed by atoms with Crippen LogP contribution in [-0.2, 0) is 0 Å². The first-order valence-electron chi connectivity index (χ1n) is 3.41. The van der Waals surface area contributed by atoms with E-state index in [9.17, 15) is 13.2 Å². The largest absolute Gasteiger partial charge is 0.433 e. The Hall–Kier alpha value is -0.900. The molecule has 0 spiro atoms. The molecule has 1 rings (SSSR count). The summed E-state index contributed by atoms with van der Waals surface area (Å²) in [5.74, 6) is -0.994. The molecule has 1 aromatic carbocycles. The molecule has 1 aromatic rings. The minimum Gasteiger partial charge on any atom is -0.433 e. The minimum atomic E-state index is -3.00. The number of aryl methyl sites for hydroxylation is 1. The molecule has 0 saturated carbocycles. The lowest BCUT2D eigenvalue weighted by atomic mass is 10.2. The van der Waals surface area contributed by atoms with Gasteiger partial charge in [-0.3, -0.25) is 0 Å². The highest BCUT2D eigenvalue weighted by molar-refractivity contribution is 6.32. The highest BCUT2D eigenvalue weighted by atomic mass is 35.5. The maximum atomic E-state index is 12.7. The highest BCUT2D eigenvalue weighted by Crippen LogP contribution is 2.30. The zero-order chi connectivity index (χ0) is 10.0. The Kier molecular flexibility index (Phi) is 3.03. The third-order valence-electron chi connectivity index (χ3n) is 1.40. The Morgan fingerprint density at radius 1 is 1.38 bits per heavy atom. The first-order chi connectivity index (χ1) is 6.00. The van der Waals surface area contributed by atoms with Crippen LogP contribution in [0.15, 0.2) is 12.1 Å². The van der Waals surface area contributed by atoms with E-state index in [4.69, 9.17) is 11.6 Å². The fraction of sp³-hybridized carbons (Fsp3) is 0.250. The summed E-state index contributed by atoms with van der Waals surface area (Å²) in [6.45, 7) is -1.50. The van der Waals surface area contributed by atoms with Crippen LogP contribution in [0.1, 0.15) is 5.56 Å². The second-order valence-corrected chi connectivity index (χ2v) is 2.79. The van der Waals surface area contributed by atoms with E-state index in [0.29, 0.717) is 5.56 Å². The lowest BCUT2D eigenvalue weighted by molar-refractivity contribution is -0.0499. The molecule has 0 aromatic heterocycles. The highest BCUT2D eigenvalue weighted by Gasteiger charge is 2.11. The first kappa shape index (κ1) is 10.2. The van der Waals surface area contributed by atoms with Crippen molar-refractivity contribution in [1.29, 1.82) is 0 Å². The summed E-state index contributed by atoms with van der Waals surface area (Å²) in [7, 11) is 0. The van der Waals surface area contributed by atoms with Gasteiger partial charge in [0.15, 0.2) is 0 Å². The van der Waals surface area contributed by atoms with E-state index in [0.717, 1.165) is 12.1 Å². The molecule has 0 saturated heterocycles. The van der Waals surface area contributed by atoms with Crippen LogP contribution in [0, 0.1) is 12.7 Å². The number of alkyl halides is 2. The third kappa shape index (κ3) is 2.52. The predicted molar refractivity (Wildman–Crippen MR) is 42.8 cm³/mol. The number of rotatable bonds is 2. The van der Waals surface area contributed by atoms with Gasteiger partial charge in [-0.1, -0.05) is 11.6 Å². The Labute approximate surface area is 78.1 Å². The van der Waals surface area contributed by atoms with Crippen molar-refractivity contribution in [3.05, 3.63) is 28.5 Å². The summed E-state index contributed by atoms with van der Waals surface area (Å²) in [4.78, 5) is 0. The standard InChI is InChI=1S/C8H6ClF3O/c1-4-2-5(10)3-6(7(4)9)13-8(11)12/h2-3,8H,1H3. The van der Waals surface area contributed by atoms with Gasteiger partial charge < -0.3 is 4.74 Å². The summed E-state index contributed by atoms with van der Waals surface area (Å²) in [6, 6.07) is 1.96. The first-order valence-corrected chi connectivity index (χ1v) is 3.79. The second-order valence-electron chi connectivity index (χ2n) is 2.41. The van der Waals surface area contributed by atoms with Crippen LogP contribution in [0.5, 0.6) is 5.75 Å². The quantitative estimate of drug-likeness (QED) is 0.727. The molecule has 0 bridgehead atoms. The molecule has 5 heteroatoms. The van der Waals surface area contributed by atoms with Gasteiger partial charge in [-0.05, 0) is 18.6 Å². The van der Waals surface area contributed by atoms with E-state index < -0.39 is 12.4 Å². The Balaban J connectivity index is 3.05. The van der Waals surface area contributed by atoms with Gasteiger partial charge in [0.1, 0.15) is 11.6 Å². The van der Waals surface area contributed by atoms with Crippen molar-refractivity contribution in [3.63, 3.8) is 0 Å². The van der Waals surface area contributed by atoms with Crippen molar-refractivity contribution in [1.82, 2.24) is 0 Å². The molecule has 0 atom stereocenters. The van der Waals surface area contributed by atoms with Crippen molar-refractivity contribution in [2.24, 2.45) is 0 Å². The molecule has 0 aliphatic heterocycles. The van der Waals surface area contributed by atoms with E-state index >= 15 is 0 Å². The molecule has 0 aliphatic rings. The molecule has 72 valence electrons. The molecule has 1 nitrogen and oxygen atoms in total. The zero-order valence-corrected chi connectivity index (χ0v) is 7.41. The van der Waals surface area contributed by atoms with E-state index in [1.807, 2.05) is 0 Å². The number of hydrogen-bond acceptors (Lipinski definition) is 1. The number of hydrogen-bond donors (Lipinski definition) is 0. The topological polar surface area (TPSA) is 9.23 Å². The van der Waals surface area contributed by atoms with Crippen molar-refractivity contribution < 1.29 is 17.9 Å². The van der Waals surface area contributed by atoms with Crippen molar-refractivity contribution >= 4 is 11.6 Å². The third-order valence-corrected chi connectivity index (χ3v) is 1.89. The lowest BCUT2D eigenvalue weighted by Crippen LogP contribution is -2.03. The van der Waals surface area contributed by atoms with Crippen molar-refractivity contribution in [3.8, 4) is 5.75 Å². The average molecular weight is 211 g/mol. The summed E-state index contributed by atoms with van der Waals surface area (Å²) in [5, 5.41) is 0.00157. The molecule has 0 N–H and O–H groups in total. The van der Waals surface area contributed by atoms with E-state index in [1.165, 1.54) is 6.92 Å². The maximum Gasteiger partial charge on any atom is 0.387 e. The molecule has 0 amide bonds. The second kappa shape index (κ2) is 3.87. The summed E-state index contributed by atoms with van der Waals surface area (Å²) in [5.41, 5.74) is 0.359. The van der Waals surface area contributed by atoms with Crippen LogP contribution in [0.3, 0.4) is 0 Å². The van der Waals surface area contributed by atoms with Gasteiger partial charge >= 0.3 is 6.61 Å². The Morgan fingerprint density at radius 3 is 2.54 bits per heavy atom. The average Bonchev–Trinajstić information content (AvgIpc) is 1.98. The molecule has 0 heterocycles. The molecule has 0 radical (unpaired) electrons. The molecule has 0 unspecified atom stereocenters. The van der Waals surface area contributed by atoms with E-state index in [-0.39, 0.29) is 10.8 Å². The van der Waals surface area contributed by atoms with Crippen LogP contribution < -0.4 is 4.74 Å². The predicted octanol–water partition coefficient (Wildman–Crippen LogP) is 3.39. The van der Waals surface area contributed by atoms with Gasteiger partial charge in [0.05, 0.1) is 5.02 Å². The minimum absolute atomic E-state index is 0.00157. The SMILES string of the molecule is Cc1cc(F)cc(OC(F)F)c1Cl. The fourth-order valence-electron chi connectivity index (χ4n) is 0.877. The van der Waals surface area contributed by atoms with Gasteiger partial charge in [0.25, 0.3) is 0 Å². The monoisotopic (exact) mass is 210 g/mol. The van der Waals surface area contributed by atoms with Gasteiger partial charge in [0.2, 0.25) is 0 Å². The van der Waals surface area contributed by atoms with Gasteiger partial charge in [-0.15, -0.1) is 0 Å². The summed E-state index contributed by atoms with van der Waals surface area (Å²) >= 11 is 5.58. The normalized spacial score (nSPS) is 10.6. The van der Waals surface area contributed by atoms with Crippen LogP contribution in [0.2, 0.25) is 5.02 Å². The summed E-state index contributed by atoms with van der Waals surface area (Å²) < 4.78 is 40.2. The Morgan fingerprint density at radius 2 is 2.00 bits per heavy atom. The van der Waals surface area contributed by atoms with Crippen LogP contribution >= 0.6 is 11.6 Å². The molecular formula is C8H6ClF3O. The maximum absolute atomic E-state index is 12.7. The van der Waals surface area contributed by atoms with E-state index in [1.54, 1.807) is 0 Å². The van der Waals surface area contributed by atoms with Gasteiger partial charge in [0, 0.05) is 6.07 Å². The van der Waals surface area contributed by atoms with E-state index in [2.05, 4.69) is 4.74 Å². The summed E-state index contributed by atoms with van der Waals surface area (Å²) in [6.07, 6.45) is 0. The number of halogens is 4. The zero-order valence-electron chi connectivity index (χ0n) is 6.65. The van der Waals surface area contributed by atoms with Crippen LogP contribution in [0.25, 0.3) is 0 Å². The molecule has 0 aliphatic carbocycles. The lowest BCUT2D eigenvalue weighted by Gasteiger charge is -2.08. The van der Waals surface area contributed by atoms with Crippen molar-refractivity contribution in [2.75, 3.05) is 0 Å². The smallest absolute Gasteiger partial charge is 0.387 e. The fourth-order valence-corrected chi connectivity index (χ4v) is 1.03. The van der Waals surface area contributed by atoms with Crippen LogP contribution in [0.4, 0.5) is 13.2 Å². The molecule has 0 fully saturated rings.